The topological polar surface area (TPSA) is 91.7 Å². The van der Waals surface area contributed by atoms with Crippen LogP contribution in [0.3, 0.4) is 0 Å². The highest BCUT2D eigenvalue weighted by atomic mass is 32.1. The third-order valence-corrected chi connectivity index (χ3v) is 6.93. The zero-order valence-electron chi connectivity index (χ0n) is 19.2. The molecule has 2 N–H and O–H groups in total. The van der Waals surface area contributed by atoms with E-state index in [4.69, 9.17) is 4.42 Å². The molecule has 0 unspecified atom stereocenters. The van der Waals surface area contributed by atoms with E-state index in [1.807, 2.05) is 17.5 Å². The van der Waals surface area contributed by atoms with Gasteiger partial charge in [0, 0.05) is 10.9 Å². The van der Waals surface area contributed by atoms with Crippen molar-refractivity contribution < 1.29 is 23.2 Å². The summed E-state index contributed by atoms with van der Waals surface area (Å²) in [7, 11) is 0. The summed E-state index contributed by atoms with van der Waals surface area (Å²) in [5.41, 5.74) is 0.502. The largest absolute Gasteiger partial charge is 0.459 e. The van der Waals surface area contributed by atoms with Gasteiger partial charge in [0.2, 0.25) is 11.8 Å². The van der Waals surface area contributed by atoms with E-state index in [0.29, 0.717) is 5.56 Å². The standard InChI is InChI=1S/C26H28FN3O4S/c27-19-12-10-18(11-13-19)24(26(33)29-20-6-2-1-3-7-20)30(17-21-8-5-15-35-21)23(31)16-28-25(32)22-9-4-14-34-22/h4-5,8-15,20,24H,1-3,6-7,16-17H2,(H,28,32)(H,29,33)/t24-/m1/s1. The van der Waals surface area contributed by atoms with Crippen molar-refractivity contribution in [2.45, 2.75) is 50.7 Å². The molecule has 7 nitrogen and oxygen atoms in total. The van der Waals surface area contributed by atoms with Crippen LogP contribution in [0.4, 0.5) is 4.39 Å². The summed E-state index contributed by atoms with van der Waals surface area (Å²) in [5, 5.41) is 7.57. The SMILES string of the molecule is O=C(NCC(=O)N(Cc1cccs1)[C@@H](C(=O)NC1CCCCC1)c1ccc(F)cc1)c1ccco1. The Morgan fingerprint density at radius 1 is 1.06 bits per heavy atom. The maximum atomic E-state index is 13.7. The van der Waals surface area contributed by atoms with Gasteiger partial charge in [0.05, 0.1) is 19.4 Å². The lowest BCUT2D eigenvalue weighted by molar-refractivity contribution is -0.141. The lowest BCUT2D eigenvalue weighted by Gasteiger charge is -2.33. The second kappa shape index (κ2) is 11.8. The summed E-state index contributed by atoms with van der Waals surface area (Å²) in [6, 6.07) is 11.5. The normalized spacial score (nSPS) is 14.8. The van der Waals surface area contributed by atoms with Crippen molar-refractivity contribution in [3.8, 4) is 0 Å². The summed E-state index contributed by atoms with van der Waals surface area (Å²) in [4.78, 5) is 41.7. The number of benzene rings is 1. The fourth-order valence-corrected chi connectivity index (χ4v) is 4.99. The molecule has 0 bridgehead atoms. The average Bonchev–Trinajstić information content (AvgIpc) is 3.58. The molecule has 9 heteroatoms. The third-order valence-electron chi connectivity index (χ3n) is 6.07. The zero-order chi connectivity index (χ0) is 24.6. The number of hydrogen-bond donors (Lipinski definition) is 2. The molecule has 0 spiro atoms. The van der Waals surface area contributed by atoms with Crippen LogP contribution in [0, 0.1) is 5.82 Å². The first-order valence-corrected chi connectivity index (χ1v) is 12.6. The van der Waals surface area contributed by atoms with Crippen molar-refractivity contribution >= 4 is 29.1 Å². The van der Waals surface area contributed by atoms with Crippen LogP contribution >= 0.6 is 11.3 Å². The second-order valence-electron chi connectivity index (χ2n) is 8.56. The average molecular weight is 498 g/mol. The quantitative estimate of drug-likeness (QED) is 0.458. The second-order valence-corrected chi connectivity index (χ2v) is 9.59. The number of carbonyl (C=O) groups excluding carboxylic acids is 3. The first-order chi connectivity index (χ1) is 17.0. The van der Waals surface area contributed by atoms with E-state index < -0.39 is 23.7 Å². The minimum atomic E-state index is -0.979. The van der Waals surface area contributed by atoms with E-state index in [9.17, 15) is 18.8 Å². The van der Waals surface area contributed by atoms with Crippen molar-refractivity contribution in [3.05, 3.63) is 82.2 Å². The van der Waals surface area contributed by atoms with Crippen molar-refractivity contribution in [3.63, 3.8) is 0 Å². The molecule has 35 heavy (non-hydrogen) atoms. The highest BCUT2D eigenvalue weighted by molar-refractivity contribution is 7.09. The van der Waals surface area contributed by atoms with Crippen molar-refractivity contribution in [1.82, 2.24) is 15.5 Å². The number of nitrogens with one attached hydrogen (secondary N) is 2. The van der Waals surface area contributed by atoms with Gasteiger partial charge < -0.3 is 20.0 Å². The molecular weight excluding hydrogens is 469 g/mol. The van der Waals surface area contributed by atoms with Crippen LogP contribution < -0.4 is 10.6 Å². The Kier molecular flexibility index (Phi) is 8.31. The molecule has 0 radical (unpaired) electrons. The summed E-state index contributed by atoms with van der Waals surface area (Å²) >= 11 is 1.47. The Morgan fingerprint density at radius 2 is 1.83 bits per heavy atom. The fraction of sp³-hybridized carbons (Fsp3) is 0.346. The predicted molar refractivity (Wildman–Crippen MR) is 130 cm³/mol. The smallest absolute Gasteiger partial charge is 0.287 e. The molecule has 3 amide bonds. The molecule has 2 heterocycles. The molecule has 0 saturated heterocycles. The lowest BCUT2D eigenvalue weighted by Crippen LogP contribution is -2.49. The third kappa shape index (κ3) is 6.57. The molecule has 1 aliphatic carbocycles. The number of carbonyl (C=O) groups is 3. The molecule has 1 aromatic carbocycles. The molecule has 4 rings (SSSR count). The van der Waals surface area contributed by atoms with E-state index in [-0.39, 0.29) is 30.8 Å². The van der Waals surface area contributed by atoms with E-state index >= 15 is 0 Å². The number of halogens is 1. The highest BCUT2D eigenvalue weighted by Gasteiger charge is 2.33. The molecular formula is C26H28FN3O4S. The van der Waals surface area contributed by atoms with Gasteiger partial charge in [-0.15, -0.1) is 11.3 Å². The van der Waals surface area contributed by atoms with Gasteiger partial charge in [0.1, 0.15) is 11.9 Å². The summed E-state index contributed by atoms with van der Waals surface area (Å²) in [5.74, 6) is -1.61. The van der Waals surface area contributed by atoms with Gasteiger partial charge in [-0.25, -0.2) is 4.39 Å². The number of thiophene rings is 1. The fourth-order valence-electron chi connectivity index (χ4n) is 4.29. The summed E-state index contributed by atoms with van der Waals surface area (Å²) in [6.45, 7) is -0.146. The van der Waals surface area contributed by atoms with E-state index in [1.165, 1.54) is 52.8 Å². The van der Waals surface area contributed by atoms with Gasteiger partial charge in [-0.3, -0.25) is 14.4 Å². The van der Waals surface area contributed by atoms with Crippen LogP contribution in [0.1, 0.15) is 59.1 Å². The van der Waals surface area contributed by atoms with Gasteiger partial charge in [0.25, 0.3) is 5.91 Å². The maximum absolute atomic E-state index is 13.7. The number of nitrogens with zero attached hydrogens (tertiary/aromatic N) is 1. The van der Waals surface area contributed by atoms with Crippen LogP contribution in [-0.2, 0) is 16.1 Å². The van der Waals surface area contributed by atoms with Gasteiger partial charge in [-0.2, -0.15) is 0 Å². The van der Waals surface area contributed by atoms with Crippen molar-refractivity contribution in [2.24, 2.45) is 0 Å². The van der Waals surface area contributed by atoms with Gasteiger partial charge in [-0.1, -0.05) is 37.5 Å². The summed E-state index contributed by atoms with van der Waals surface area (Å²) in [6.07, 6.45) is 6.39. The van der Waals surface area contributed by atoms with Crippen molar-refractivity contribution in [2.75, 3.05) is 6.54 Å². The molecule has 3 aromatic rings. The number of amides is 3. The van der Waals surface area contributed by atoms with Crippen LogP contribution in [0.15, 0.2) is 64.6 Å². The molecule has 1 atom stereocenters. The molecule has 0 aliphatic heterocycles. The Hall–Kier alpha value is -3.46. The Labute approximate surface area is 207 Å². The minimum Gasteiger partial charge on any atom is -0.459 e. The number of furan rings is 1. The molecule has 1 aliphatic rings. The molecule has 1 saturated carbocycles. The first-order valence-electron chi connectivity index (χ1n) is 11.7. The minimum absolute atomic E-state index is 0.0385. The number of hydrogen-bond acceptors (Lipinski definition) is 5. The van der Waals surface area contributed by atoms with Crippen LogP contribution in [0.2, 0.25) is 0 Å². The van der Waals surface area contributed by atoms with Gasteiger partial charge in [0.15, 0.2) is 5.76 Å². The lowest BCUT2D eigenvalue weighted by atomic mass is 9.94. The van der Waals surface area contributed by atoms with Crippen LogP contribution in [0.5, 0.6) is 0 Å². The Balaban J connectivity index is 1.60. The van der Waals surface area contributed by atoms with Gasteiger partial charge >= 0.3 is 0 Å². The maximum Gasteiger partial charge on any atom is 0.287 e. The highest BCUT2D eigenvalue weighted by Crippen LogP contribution is 2.27. The van der Waals surface area contributed by atoms with Crippen LogP contribution in [0.25, 0.3) is 0 Å². The monoisotopic (exact) mass is 497 g/mol. The van der Waals surface area contributed by atoms with Crippen LogP contribution in [-0.4, -0.2) is 35.2 Å². The number of rotatable bonds is 9. The summed E-state index contributed by atoms with van der Waals surface area (Å²) < 4.78 is 18.8. The molecule has 184 valence electrons. The predicted octanol–water partition coefficient (Wildman–Crippen LogP) is 4.43. The Bertz CT molecular complexity index is 1110. The van der Waals surface area contributed by atoms with E-state index in [2.05, 4.69) is 10.6 Å². The Morgan fingerprint density at radius 3 is 2.49 bits per heavy atom. The van der Waals surface area contributed by atoms with Gasteiger partial charge in [-0.05, 0) is 54.1 Å². The molecule has 1 fully saturated rings. The molecule has 2 aromatic heterocycles. The zero-order valence-corrected chi connectivity index (χ0v) is 20.1. The van der Waals surface area contributed by atoms with E-state index in [1.54, 1.807) is 6.07 Å². The van der Waals surface area contributed by atoms with Crippen molar-refractivity contribution in [1.29, 1.82) is 0 Å². The first kappa shape index (κ1) is 24.7. The van der Waals surface area contributed by atoms with E-state index in [0.717, 1.165) is 37.0 Å².